The summed E-state index contributed by atoms with van der Waals surface area (Å²) < 4.78 is 6.02. The Labute approximate surface area is 136 Å². The zero-order valence-electron chi connectivity index (χ0n) is 13.3. The molecule has 2 heteroatoms. The topological polar surface area (TPSA) is 30.2 Å². The van der Waals surface area contributed by atoms with Crippen LogP contribution in [0.25, 0.3) is 11.3 Å². The fraction of sp³-hybridized carbons (Fsp3) is 0.190. The predicted octanol–water partition coefficient (Wildman–Crippen LogP) is 5.52. The molecule has 23 heavy (non-hydrogen) atoms. The van der Waals surface area contributed by atoms with Crippen LogP contribution >= 0.6 is 0 Å². The smallest absolute Gasteiger partial charge is 0.196 e. The fourth-order valence-electron chi connectivity index (χ4n) is 2.63. The number of carbonyl (C=O) groups excluding carboxylic acids is 1. The number of rotatable bonds is 6. The largest absolute Gasteiger partial charge is 0.460 e. The normalized spacial score (nSPS) is 10.7. The molecule has 0 aliphatic heterocycles. The Bertz CT molecular complexity index is 770. The van der Waals surface area contributed by atoms with Crippen LogP contribution in [0.3, 0.4) is 0 Å². The minimum absolute atomic E-state index is 0.0302. The molecular formula is C21H20O2. The number of unbranched alkanes of at least 4 members (excludes halogenated alkanes) is 1. The van der Waals surface area contributed by atoms with E-state index in [1.54, 1.807) is 0 Å². The van der Waals surface area contributed by atoms with Crippen LogP contribution < -0.4 is 0 Å². The Morgan fingerprint density at radius 1 is 0.957 bits per heavy atom. The third-order valence-corrected chi connectivity index (χ3v) is 3.91. The molecule has 2 aromatic carbocycles. The molecule has 0 bridgehead atoms. The number of ketones is 1. The SMILES string of the molecule is CCCCc1oc(-c2ccccc2)cc1C(=O)c1ccccc1. The van der Waals surface area contributed by atoms with Gasteiger partial charge in [-0.25, -0.2) is 0 Å². The van der Waals surface area contributed by atoms with Gasteiger partial charge in [0.15, 0.2) is 5.78 Å². The van der Waals surface area contributed by atoms with Gasteiger partial charge in [-0.2, -0.15) is 0 Å². The van der Waals surface area contributed by atoms with E-state index in [2.05, 4.69) is 6.92 Å². The maximum absolute atomic E-state index is 12.8. The maximum atomic E-state index is 12.8. The van der Waals surface area contributed by atoms with Gasteiger partial charge in [0.05, 0.1) is 5.56 Å². The standard InChI is InChI=1S/C21H20O2/c1-2-3-14-19-18(21(22)17-12-8-5-9-13-17)15-20(23-19)16-10-6-4-7-11-16/h4-13,15H,2-3,14H2,1H3. The van der Waals surface area contributed by atoms with E-state index in [0.29, 0.717) is 11.1 Å². The molecule has 1 aromatic heterocycles. The zero-order chi connectivity index (χ0) is 16.1. The Balaban J connectivity index is 2.00. The number of furan rings is 1. The molecule has 0 atom stereocenters. The molecule has 0 N–H and O–H groups in total. The quantitative estimate of drug-likeness (QED) is 0.561. The van der Waals surface area contributed by atoms with Crippen LogP contribution in [0.5, 0.6) is 0 Å². The average Bonchev–Trinajstić information content (AvgIpc) is 3.05. The van der Waals surface area contributed by atoms with Crippen LogP contribution in [0.1, 0.15) is 41.4 Å². The fourth-order valence-corrected chi connectivity index (χ4v) is 2.63. The van der Waals surface area contributed by atoms with Gasteiger partial charge >= 0.3 is 0 Å². The summed E-state index contributed by atoms with van der Waals surface area (Å²) in [4.78, 5) is 12.8. The molecule has 2 nitrogen and oxygen atoms in total. The first-order valence-electron chi connectivity index (χ1n) is 8.07. The van der Waals surface area contributed by atoms with E-state index in [1.807, 2.05) is 66.7 Å². The minimum Gasteiger partial charge on any atom is -0.460 e. The first kappa shape index (κ1) is 15.3. The van der Waals surface area contributed by atoms with Gasteiger partial charge in [-0.1, -0.05) is 74.0 Å². The number of hydrogen-bond acceptors (Lipinski definition) is 2. The number of aryl methyl sites for hydroxylation is 1. The summed E-state index contributed by atoms with van der Waals surface area (Å²) in [6, 6.07) is 21.2. The summed E-state index contributed by atoms with van der Waals surface area (Å²) >= 11 is 0. The third kappa shape index (κ3) is 3.42. The van der Waals surface area contributed by atoms with Crippen LogP contribution in [0.4, 0.5) is 0 Å². The van der Waals surface area contributed by atoms with Gasteiger partial charge in [0.25, 0.3) is 0 Å². The first-order valence-corrected chi connectivity index (χ1v) is 8.07. The van der Waals surface area contributed by atoms with E-state index in [-0.39, 0.29) is 5.78 Å². The van der Waals surface area contributed by atoms with E-state index < -0.39 is 0 Å². The van der Waals surface area contributed by atoms with Crippen molar-refractivity contribution in [1.82, 2.24) is 0 Å². The first-order chi connectivity index (χ1) is 11.3. The summed E-state index contributed by atoms with van der Waals surface area (Å²) in [5, 5.41) is 0. The Kier molecular flexibility index (Phi) is 4.72. The molecular weight excluding hydrogens is 284 g/mol. The van der Waals surface area contributed by atoms with Crippen LogP contribution in [-0.4, -0.2) is 5.78 Å². The number of benzene rings is 2. The lowest BCUT2D eigenvalue weighted by molar-refractivity contribution is 0.103. The van der Waals surface area contributed by atoms with Gasteiger partial charge in [-0.15, -0.1) is 0 Å². The summed E-state index contributed by atoms with van der Waals surface area (Å²) in [6.07, 6.45) is 2.87. The van der Waals surface area contributed by atoms with Crippen LogP contribution in [0, 0.1) is 0 Å². The molecule has 116 valence electrons. The lowest BCUT2D eigenvalue weighted by Gasteiger charge is -2.01. The molecule has 0 aliphatic carbocycles. The summed E-state index contributed by atoms with van der Waals surface area (Å²) in [5.41, 5.74) is 2.38. The molecule has 3 aromatic rings. The molecule has 0 aliphatic rings. The van der Waals surface area contributed by atoms with Crippen LogP contribution in [0.2, 0.25) is 0 Å². The Morgan fingerprint density at radius 2 is 1.61 bits per heavy atom. The monoisotopic (exact) mass is 304 g/mol. The molecule has 0 spiro atoms. The van der Waals surface area contributed by atoms with E-state index in [0.717, 1.165) is 36.3 Å². The Morgan fingerprint density at radius 3 is 2.26 bits per heavy atom. The molecule has 0 amide bonds. The van der Waals surface area contributed by atoms with Crippen molar-refractivity contribution in [2.75, 3.05) is 0 Å². The Hall–Kier alpha value is -2.61. The predicted molar refractivity (Wildman–Crippen MR) is 92.6 cm³/mol. The van der Waals surface area contributed by atoms with Gasteiger partial charge in [-0.3, -0.25) is 4.79 Å². The average molecular weight is 304 g/mol. The van der Waals surface area contributed by atoms with Crippen LogP contribution in [0.15, 0.2) is 71.1 Å². The second kappa shape index (κ2) is 7.10. The molecule has 0 saturated heterocycles. The van der Waals surface area contributed by atoms with Gasteiger partial charge in [0.1, 0.15) is 11.5 Å². The van der Waals surface area contributed by atoms with Crippen molar-refractivity contribution in [2.45, 2.75) is 26.2 Å². The van der Waals surface area contributed by atoms with E-state index in [9.17, 15) is 4.79 Å². The van der Waals surface area contributed by atoms with Gasteiger partial charge in [-0.05, 0) is 12.5 Å². The van der Waals surface area contributed by atoms with Crippen LogP contribution in [-0.2, 0) is 6.42 Å². The van der Waals surface area contributed by atoms with E-state index >= 15 is 0 Å². The molecule has 3 rings (SSSR count). The van der Waals surface area contributed by atoms with Crippen molar-refractivity contribution >= 4 is 5.78 Å². The highest BCUT2D eigenvalue weighted by molar-refractivity contribution is 6.10. The molecule has 0 radical (unpaired) electrons. The summed E-state index contributed by atoms with van der Waals surface area (Å²) in [7, 11) is 0. The lowest BCUT2D eigenvalue weighted by Crippen LogP contribution is -2.02. The highest BCUT2D eigenvalue weighted by Crippen LogP contribution is 2.28. The highest BCUT2D eigenvalue weighted by atomic mass is 16.3. The molecule has 0 unspecified atom stereocenters. The zero-order valence-corrected chi connectivity index (χ0v) is 13.3. The number of carbonyl (C=O) groups is 1. The van der Waals surface area contributed by atoms with Crippen molar-refractivity contribution < 1.29 is 9.21 Å². The highest BCUT2D eigenvalue weighted by Gasteiger charge is 2.19. The minimum atomic E-state index is 0.0302. The third-order valence-electron chi connectivity index (χ3n) is 3.91. The van der Waals surface area contributed by atoms with E-state index in [4.69, 9.17) is 4.42 Å². The molecule has 1 heterocycles. The van der Waals surface area contributed by atoms with Crippen molar-refractivity contribution in [3.63, 3.8) is 0 Å². The van der Waals surface area contributed by atoms with Crippen molar-refractivity contribution in [3.05, 3.63) is 83.6 Å². The van der Waals surface area contributed by atoms with Gasteiger partial charge in [0.2, 0.25) is 0 Å². The second-order valence-corrected chi connectivity index (χ2v) is 5.61. The summed E-state index contributed by atoms with van der Waals surface area (Å²) in [5.74, 6) is 1.58. The number of hydrogen-bond donors (Lipinski definition) is 0. The maximum Gasteiger partial charge on any atom is 0.196 e. The van der Waals surface area contributed by atoms with Crippen molar-refractivity contribution in [3.8, 4) is 11.3 Å². The molecule has 0 fully saturated rings. The lowest BCUT2D eigenvalue weighted by atomic mass is 10.0. The second-order valence-electron chi connectivity index (χ2n) is 5.61. The van der Waals surface area contributed by atoms with Crippen molar-refractivity contribution in [1.29, 1.82) is 0 Å². The van der Waals surface area contributed by atoms with Crippen molar-refractivity contribution in [2.24, 2.45) is 0 Å². The van der Waals surface area contributed by atoms with E-state index in [1.165, 1.54) is 0 Å². The summed E-state index contributed by atoms with van der Waals surface area (Å²) in [6.45, 7) is 2.14. The van der Waals surface area contributed by atoms with Gasteiger partial charge in [0, 0.05) is 17.5 Å². The van der Waals surface area contributed by atoms with Gasteiger partial charge < -0.3 is 4.42 Å². The molecule has 0 saturated carbocycles.